The number of nitrogens with one attached hydrogen (secondary N) is 2. The quantitative estimate of drug-likeness (QED) is 0.598. The van der Waals surface area contributed by atoms with Crippen molar-refractivity contribution < 1.29 is 9.53 Å². The summed E-state index contributed by atoms with van der Waals surface area (Å²) >= 11 is 0. The number of carbonyl (C=O) groups excluding carboxylic acids is 1. The molecule has 156 valence electrons. The molecule has 0 radical (unpaired) electrons. The third-order valence-corrected chi connectivity index (χ3v) is 4.12. The molecule has 1 amide bonds. The van der Waals surface area contributed by atoms with Gasteiger partial charge < -0.3 is 20.8 Å². The van der Waals surface area contributed by atoms with Gasteiger partial charge in [0.1, 0.15) is 16.9 Å². The van der Waals surface area contributed by atoms with E-state index in [1.54, 1.807) is 27.8 Å². The lowest BCUT2D eigenvalue weighted by molar-refractivity contribution is 0.0522. The molecule has 10 heteroatoms. The molecular formula is C18H30N6O4. The largest absolute Gasteiger partial charge is 0.444 e. The molecule has 0 saturated heterocycles. The van der Waals surface area contributed by atoms with Crippen LogP contribution in [0.3, 0.4) is 0 Å². The Hall–Kier alpha value is -2.62. The van der Waals surface area contributed by atoms with Crippen molar-refractivity contribution in [3.05, 3.63) is 26.7 Å². The number of H-pyrrole nitrogens is 1. The molecule has 28 heavy (non-hydrogen) atoms. The van der Waals surface area contributed by atoms with Gasteiger partial charge in [0.05, 0.1) is 6.54 Å². The van der Waals surface area contributed by atoms with Crippen LogP contribution in [-0.4, -0.2) is 36.8 Å². The van der Waals surface area contributed by atoms with Crippen molar-refractivity contribution in [3.63, 3.8) is 0 Å². The number of unbranched alkanes of at least 4 members (excludes halogenated alkanes) is 1. The van der Waals surface area contributed by atoms with Crippen molar-refractivity contribution in [1.82, 2.24) is 24.4 Å². The van der Waals surface area contributed by atoms with Gasteiger partial charge in [-0.2, -0.15) is 0 Å². The summed E-state index contributed by atoms with van der Waals surface area (Å²) in [6.07, 6.45) is 1.76. The maximum atomic E-state index is 12.7. The fourth-order valence-corrected chi connectivity index (χ4v) is 2.78. The Morgan fingerprint density at radius 2 is 2.00 bits per heavy atom. The van der Waals surface area contributed by atoms with Crippen molar-refractivity contribution in [2.45, 2.75) is 71.7 Å². The number of aromatic amines is 1. The van der Waals surface area contributed by atoms with Crippen LogP contribution < -0.4 is 22.3 Å². The number of hydrogen-bond donors (Lipinski definition) is 3. The lowest BCUT2D eigenvalue weighted by Gasteiger charge is -2.19. The maximum Gasteiger partial charge on any atom is 0.408 e. The highest BCUT2D eigenvalue weighted by Crippen LogP contribution is 2.08. The van der Waals surface area contributed by atoms with Gasteiger partial charge in [0, 0.05) is 19.6 Å². The van der Waals surface area contributed by atoms with E-state index in [1.165, 1.54) is 9.13 Å². The molecular weight excluding hydrogens is 364 g/mol. The van der Waals surface area contributed by atoms with E-state index in [4.69, 9.17) is 10.5 Å². The Bertz CT molecular complexity index is 948. The van der Waals surface area contributed by atoms with Crippen molar-refractivity contribution in [1.29, 1.82) is 0 Å². The first-order chi connectivity index (χ1) is 13.0. The molecule has 0 saturated carbocycles. The van der Waals surface area contributed by atoms with E-state index >= 15 is 0 Å². The van der Waals surface area contributed by atoms with Crippen LogP contribution in [0.2, 0.25) is 0 Å². The lowest BCUT2D eigenvalue weighted by Crippen LogP contribution is -2.39. The Labute approximate surface area is 163 Å². The number of fused-ring (bicyclic) bond motifs is 1. The SMILES string of the molecule is CC(N)CCCCn1c(=O)c2[nH]c(CNC(=O)OC(C)(C)C)nc2n(C)c1=O. The predicted molar refractivity (Wildman–Crippen MR) is 106 cm³/mol. The standard InChI is InChI=1S/C18H30N6O4/c1-11(19)8-6-7-9-24-15(25)13-14(23(5)17(24)27)22-12(21-13)10-20-16(26)28-18(2,3)4/h11H,6-10,19H2,1-5H3,(H,20,26)(H,21,22). The summed E-state index contributed by atoms with van der Waals surface area (Å²) in [5.41, 5.74) is 4.76. The number of ether oxygens (including phenoxy) is 1. The zero-order chi connectivity index (χ0) is 21.1. The van der Waals surface area contributed by atoms with Gasteiger partial charge in [-0.15, -0.1) is 0 Å². The number of hydrogen-bond acceptors (Lipinski definition) is 6. The average molecular weight is 394 g/mol. The van der Waals surface area contributed by atoms with Crippen molar-refractivity contribution >= 4 is 17.3 Å². The number of alkyl carbamates (subject to hydrolysis) is 1. The topological polar surface area (TPSA) is 137 Å². The molecule has 0 aliphatic heterocycles. The second kappa shape index (κ2) is 8.59. The molecule has 2 aromatic rings. The zero-order valence-corrected chi connectivity index (χ0v) is 17.2. The van der Waals surface area contributed by atoms with Gasteiger partial charge >= 0.3 is 11.8 Å². The smallest absolute Gasteiger partial charge is 0.408 e. The van der Waals surface area contributed by atoms with Crippen LogP contribution in [0.25, 0.3) is 11.2 Å². The van der Waals surface area contributed by atoms with Crippen molar-refractivity contribution in [2.75, 3.05) is 0 Å². The number of nitrogens with two attached hydrogens (primary N) is 1. The summed E-state index contributed by atoms with van der Waals surface area (Å²) in [4.78, 5) is 44.2. The van der Waals surface area contributed by atoms with E-state index in [9.17, 15) is 14.4 Å². The lowest BCUT2D eigenvalue weighted by atomic mass is 10.1. The predicted octanol–water partition coefficient (Wildman–Crippen LogP) is 0.966. The molecule has 0 aliphatic carbocycles. The first-order valence-electron chi connectivity index (χ1n) is 9.40. The molecule has 4 N–H and O–H groups in total. The number of imidazole rings is 1. The van der Waals surface area contributed by atoms with E-state index < -0.39 is 22.9 Å². The Balaban J connectivity index is 2.19. The number of aryl methyl sites for hydroxylation is 1. The van der Waals surface area contributed by atoms with E-state index in [0.29, 0.717) is 18.8 Å². The second-order valence-electron chi connectivity index (χ2n) is 8.01. The van der Waals surface area contributed by atoms with E-state index in [2.05, 4.69) is 15.3 Å². The van der Waals surface area contributed by atoms with Gasteiger partial charge in [-0.1, -0.05) is 6.42 Å². The second-order valence-corrected chi connectivity index (χ2v) is 8.01. The minimum atomic E-state index is -0.614. The summed E-state index contributed by atoms with van der Waals surface area (Å²) < 4.78 is 7.70. The summed E-state index contributed by atoms with van der Waals surface area (Å²) in [7, 11) is 1.56. The maximum absolute atomic E-state index is 12.7. The van der Waals surface area contributed by atoms with Crippen LogP contribution in [0.1, 0.15) is 52.8 Å². The highest BCUT2D eigenvalue weighted by molar-refractivity contribution is 5.70. The molecule has 0 spiro atoms. The summed E-state index contributed by atoms with van der Waals surface area (Å²) in [6, 6.07) is 0.0923. The van der Waals surface area contributed by atoms with Crippen LogP contribution >= 0.6 is 0 Å². The third kappa shape index (κ3) is 5.44. The van der Waals surface area contributed by atoms with Crippen LogP contribution in [0.4, 0.5) is 4.79 Å². The molecule has 0 fully saturated rings. The first-order valence-corrected chi connectivity index (χ1v) is 9.40. The molecule has 2 aromatic heterocycles. The molecule has 1 atom stereocenters. The average Bonchev–Trinajstić information content (AvgIpc) is 3.00. The van der Waals surface area contributed by atoms with Crippen LogP contribution in [0.5, 0.6) is 0 Å². The summed E-state index contributed by atoms with van der Waals surface area (Å²) in [5, 5.41) is 2.57. The number of nitrogens with zero attached hydrogens (tertiary/aromatic N) is 3. The van der Waals surface area contributed by atoms with E-state index in [-0.39, 0.29) is 23.8 Å². The molecule has 0 bridgehead atoms. The first kappa shape index (κ1) is 21.7. The fraction of sp³-hybridized carbons (Fsp3) is 0.667. The minimum Gasteiger partial charge on any atom is -0.444 e. The van der Waals surface area contributed by atoms with Crippen LogP contribution in [0, 0.1) is 0 Å². The Morgan fingerprint density at radius 1 is 1.32 bits per heavy atom. The molecule has 0 aromatic carbocycles. The van der Waals surface area contributed by atoms with Crippen molar-refractivity contribution in [2.24, 2.45) is 12.8 Å². The summed E-state index contributed by atoms with van der Waals surface area (Å²) in [5.74, 6) is 0.364. The van der Waals surface area contributed by atoms with Crippen LogP contribution in [-0.2, 0) is 24.9 Å². The van der Waals surface area contributed by atoms with Gasteiger partial charge in [0.25, 0.3) is 5.56 Å². The molecule has 2 heterocycles. The normalized spacial score (nSPS) is 12.9. The molecule has 0 aliphatic rings. The van der Waals surface area contributed by atoms with E-state index in [1.807, 2.05) is 6.92 Å². The van der Waals surface area contributed by atoms with Gasteiger partial charge in [0.15, 0.2) is 5.65 Å². The Morgan fingerprint density at radius 3 is 2.61 bits per heavy atom. The highest BCUT2D eigenvalue weighted by Gasteiger charge is 2.18. The highest BCUT2D eigenvalue weighted by atomic mass is 16.6. The number of amides is 1. The van der Waals surface area contributed by atoms with Crippen molar-refractivity contribution in [3.8, 4) is 0 Å². The van der Waals surface area contributed by atoms with Crippen LogP contribution in [0.15, 0.2) is 9.59 Å². The number of aromatic nitrogens is 4. The summed E-state index contributed by atoms with van der Waals surface area (Å²) in [6.45, 7) is 7.58. The van der Waals surface area contributed by atoms with Gasteiger partial charge in [-0.05, 0) is 40.5 Å². The number of carbonyl (C=O) groups is 1. The monoisotopic (exact) mass is 394 g/mol. The minimum absolute atomic E-state index is 0.0472. The fourth-order valence-electron chi connectivity index (χ4n) is 2.78. The molecule has 2 rings (SSSR count). The Kier molecular flexibility index (Phi) is 6.65. The zero-order valence-electron chi connectivity index (χ0n) is 17.2. The van der Waals surface area contributed by atoms with Gasteiger partial charge in [0.2, 0.25) is 0 Å². The molecule has 10 nitrogen and oxygen atoms in total. The van der Waals surface area contributed by atoms with E-state index in [0.717, 1.165) is 12.8 Å². The molecule has 1 unspecified atom stereocenters. The van der Waals surface area contributed by atoms with Gasteiger partial charge in [-0.25, -0.2) is 14.6 Å². The number of rotatable bonds is 7. The third-order valence-electron chi connectivity index (χ3n) is 4.12. The van der Waals surface area contributed by atoms with Gasteiger partial charge in [-0.3, -0.25) is 13.9 Å².